The largest absolute Gasteiger partial charge is 0.338 e. The fraction of sp³-hybridized carbons (Fsp3) is 0.0968. The Bertz CT molecular complexity index is 1530. The Kier molecular flexibility index (Phi) is 5.65. The highest BCUT2D eigenvalue weighted by molar-refractivity contribution is 14.1. The average molecular weight is 663 g/mol. The third-order valence-corrected chi connectivity index (χ3v) is 10.4. The highest BCUT2D eigenvalue weighted by atomic mass is 127. The van der Waals surface area contributed by atoms with Crippen LogP contribution in [-0.2, 0) is 12.0 Å². The van der Waals surface area contributed by atoms with E-state index in [4.69, 9.17) is 0 Å². The first-order valence-corrected chi connectivity index (χ1v) is 13.6. The molecule has 0 N–H and O–H groups in total. The maximum atomic E-state index is 2.62. The molecule has 34 heavy (non-hydrogen) atoms. The van der Waals surface area contributed by atoms with Gasteiger partial charge in [-0.05, 0) is 86.0 Å². The molecule has 1 aliphatic heterocycles. The second-order valence-electron chi connectivity index (χ2n) is 8.86. The summed E-state index contributed by atoms with van der Waals surface area (Å²) in [5, 5.41) is 1.34. The summed E-state index contributed by atoms with van der Waals surface area (Å²) in [7, 11) is 0. The van der Waals surface area contributed by atoms with Crippen molar-refractivity contribution in [1.29, 1.82) is 0 Å². The normalized spacial score (nSPS) is 17.7. The molecule has 0 radical (unpaired) electrons. The molecular weight excluding hydrogens is 640 g/mol. The second-order valence-corrected chi connectivity index (χ2v) is 11.2. The maximum Gasteiger partial charge on any atom is 0.0921 e. The molecule has 0 saturated heterocycles. The summed E-state index contributed by atoms with van der Waals surface area (Å²) in [4.78, 5) is 0. The molecule has 0 spiro atoms. The van der Waals surface area contributed by atoms with Crippen LogP contribution in [0.25, 0.3) is 22.0 Å². The van der Waals surface area contributed by atoms with Gasteiger partial charge in [0.1, 0.15) is 0 Å². The number of halogens is 2. The van der Waals surface area contributed by atoms with Crippen LogP contribution in [-0.4, -0.2) is 4.57 Å². The van der Waals surface area contributed by atoms with E-state index in [-0.39, 0.29) is 5.41 Å². The number of hydrogen-bond donors (Lipinski definition) is 0. The van der Waals surface area contributed by atoms with Crippen LogP contribution in [0.15, 0.2) is 116 Å². The van der Waals surface area contributed by atoms with Crippen LogP contribution in [0.4, 0.5) is 0 Å². The van der Waals surface area contributed by atoms with Crippen molar-refractivity contribution in [2.24, 2.45) is 0 Å². The van der Waals surface area contributed by atoms with Crippen molar-refractivity contribution in [3.63, 3.8) is 0 Å². The summed E-state index contributed by atoms with van der Waals surface area (Å²) in [5.41, 5.74) is 8.83. The topological polar surface area (TPSA) is 4.93 Å². The zero-order valence-corrected chi connectivity index (χ0v) is 23.1. The fourth-order valence-electron chi connectivity index (χ4n) is 5.57. The van der Waals surface area contributed by atoms with E-state index in [0.29, 0.717) is 0 Å². The zero-order chi connectivity index (χ0) is 23.3. The first-order chi connectivity index (χ1) is 16.6. The van der Waals surface area contributed by atoms with Crippen molar-refractivity contribution < 1.29 is 0 Å². The van der Waals surface area contributed by atoms with Gasteiger partial charge in [-0.15, -0.1) is 0 Å². The number of fused-ring (bicyclic) bond motifs is 3. The Morgan fingerprint density at radius 1 is 0.647 bits per heavy atom. The van der Waals surface area contributed by atoms with Crippen LogP contribution >= 0.6 is 45.2 Å². The van der Waals surface area contributed by atoms with E-state index >= 15 is 0 Å². The van der Waals surface area contributed by atoms with Crippen LogP contribution in [0.2, 0.25) is 0 Å². The van der Waals surface area contributed by atoms with E-state index < -0.39 is 0 Å². The Morgan fingerprint density at radius 3 is 1.91 bits per heavy atom. The summed E-state index contributed by atoms with van der Waals surface area (Å²) in [6.07, 6.45) is 0. The number of aromatic nitrogens is 1. The molecule has 0 aliphatic carbocycles. The Morgan fingerprint density at radius 2 is 1.21 bits per heavy atom. The van der Waals surface area contributed by atoms with E-state index in [9.17, 15) is 0 Å². The van der Waals surface area contributed by atoms with E-state index in [0.717, 1.165) is 6.54 Å². The average Bonchev–Trinajstić information content (AvgIpc) is 3.18. The van der Waals surface area contributed by atoms with Crippen LogP contribution in [0.5, 0.6) is 0 Å². The third-order valence-electron chi connectivity index (χ3n) is 7.08. The lowest BCUT2D eigenvalue weighted by atomic mass is 9.69. The van der Waals surface area contributed by atoms with Crippen LogP contribution in [0, 0.1) is 6.92 Å². The number of aryl methyl sites for hydroxylation is 1. The second kappa shape index (κ2) is 8.68. The van der Waals surface area contributed by atoms with Crippen molar-refractivity contribution >= 4 is 56.1 Å². The van der Waals surface area contributed by atoms with Gasteiger partial charge >= 0.3 is 0 Å². The number of benzene rings is 4. The molecule has 1 aromatic heterocycles. The van der Waals surface area contributed by atoms with Gasteiger partial charge in [-0.2, -0.15) is 0 Å². The van der Waals surface area contributed by atoms with Crippen LogP contribution in [0.1, 0.15) is 22.4 Å². The lowest BCUT2D eigenvalue weighted by molar-refractivity contribution is 0.629. The molecule has 4 aromatic carbocycles. The molecule has 1 nitrogen and oxygen atoms in total. The maximum absolute atomic E-state index is 2.62. The Balaban J connectivity index is 1.69. The Labute approximate surface area is 227 Å². The van der Waals surface area contributed by atoms with E-state index in [1.54, 1.807) is 0 Å². The van der Waals surface area contributed by atoms with Crippen LogP contribution in [0.3, 0.4) is 0 Å². The molecule has 0 bridgehead atoms. The molecular formula is C31H23I2N. The van der Waals surface area contributed by atoms with Crippen LogP contribution < -0.4 is 0 Å². The molecule has 0 saturated carbocycles. The minimum Gasteiger partial charge on any atom is -0.338 e. The molecule has 1 unspecified atom stereocenters. The van der Waals surface area contributed by atoms with Gasteiger partial charge in [0.15, 0.2) is 0 Å². The molecule has 6 rings (SSSR count). The van der Waals surface area contributed by atoms with Gasteiger partial charge in [0.2, 0.25) is 0 Å². The predicted octanol–water partition coefficient (Wildman–Crippen LogP) is 9.05. The minimum atomic E-state index is -0.352. The fourth-order valence-corrected chi connectivity index (χ4v) is 7.36. The standard InChI is InChI=1S/C31H23I2N/c1-21-26-14-8-9-15-28(26)34-20-27(32)29(33)31(30(21)34,24-12-6-3-7-13-24)25-18-16-23(17-19-25)22-10-4-2-5-11-22/h2-19H,20H2,1H3. The minimum absolute atomic E-state index is 0.352. The molecule has 166 valence electrons. The number of para-hydroxylation sites is 1. The van der Waals surface area contributed by atoms with Crippen molar-refractivity contribution in [2.75, 3.05) is 0 Å². The molecule has 1 aliphatic rings. The molecule has 5 aromatic rings. The van der Waals surface area contributed by atoms with Gasteiger partial charge in [0.25, 0.3) is 0 Å². The van der Waals surface area contributed by atoms with Gasteiger partial charge in [0, 0.05) is 23.8 Å². The summed E-state index contributed by atoms with van der Waals surface area (Å²) < 4.78 is 5.33. The summed E-state index contributed by atoms with van der Waals surface area (Å²) >= 11 is 5.19. The van der Waals surface area contributed by atoms with Crippen molar-refractivity contribution in [1.82, 2.24) is 4.57 Å². The van der Waals surface area contributed by atoms with Gasteiger partial charge in [-0.25, -0.2) is 0 Å². The lowest BCUT2D eigenvalue weighted by Crippen LogP contribution is -2.37. The van der Waals surface area contributed by atoms with E-state index in [1.807, 2.05) is 0 Å². The lowest BCUT2D eigenvalue weighted by Gasteiger charge is -2.41. The molecule has 0 fully saturated rings. The van der Waals surface area contributed by atoms with Gasteiger partial charge in [0.05, 0.1) is 12.0 Å². The molecule has 0 amide bonds. The number of nitrogens with zero attached hydrogens (tertiary/aromatic N) is 1. The smallest absolute Gasteiger partial charge is 0.0921 e. The summed E-state index contributed by atoms with van der Waals surface area (Å²) in [5.74, 6) is 0. The highest BCUT2D eigenvalue weighted by Gasteiger charge is 2.46. The molecule has 1 atom stereocenters. The van der Waals surface area contributed by atoms with E-state index in [1.165, 1.54) is 51.6 Å². The summed E-state index contributed by atoms with van der Waals surface area (Å²) in [6.45, 7) is 3.21. The molecule has 3 heteroatoms. The zero-order valence-electron chi connectivity index (χ0n) is 18.8. The summed E-state index contributed by atoms with van der Waals surface area (Å²) in [6, 6.07) is 39.8. The van der Waals surface area contributed by atoms with Crippen molar-refractivity contribution in [3.05, 3.63) is 139 Å². The third kappa shape index (κ3) is 3.23. The van der Waals surface area contributed by atoms with Gasteiger partial charge in [-0.1, -0.05) is 103 Å². The number of allylic oxidation sites excluding steroid dienone is 2. The van der Waals surface area contributed by atoms with Gasteiger partial charge in [-0.3, -0.25) is 0 Å². The van der Waals surface area contributed by atoms with Crippen molar-refractivity contribution in [2.45, 2.75) is 18.9 Å². The highest BCUT2D eigenvalue weighted by Crippen LogP contribution is 2.55. The first-order valence-electron chi connectivity index (χ1n) is 11.5. The number of hydrogen-bond acceptors (Lipinski definition) is 0. The Hall–Kier alpha value is -2.38. The predicted molar refractivity (Wildman–Crippen MR) is 160 cm³/mol. The van der Waals surface area contributed by atoms with Crippen molar-refractivity contribution in [3.8, 4) is 11.1 Å². The quantitative estimate of drug-likeness (QED) is 0.170. The monoisotopic (exact) mass is 663 g/mol. The van der Waals surface area contributed by atoms with E-state index in [2.05, 4.69) is 166 Å². The number of rotatable bonds is 3. The SMILES string of the molecule is Cc1c2n(c3ccccc13)CC(I)=C(I)C2(c1ccccc1)c1ccc(-c2ccccc2)cc1. The van der Waals surface area contributed by atoms with Gasteiger partial charge < -0.3 is 4.57 Å². The molecule has 2 heterocycles. The first kappa shape index (κ1) is 22.1.